The number of carbonyl (C=O) groups is 1. The van der Waals surface area contributed by atoms with E-state index in [1.54, 1.807) is 24.3 Å². The van der Waals surface area contributed by atoms with Gasteiger partial charge in [0.05, 0.1) is 17.1 Å². The maximum absolute atomic E-state index is 14.7. The number of aromatic nitrogens is 3. The summed E-state index contributed by atoms with van der Waals surface area (Å²) in [5.74, 6) is -1.25. The van der Waals surface area contributed by atoms with Gasteiger partial charge >= 0.3 is 5.69 Å². The van der Waals surface area contributed by atoms with Gasteiger partial charge in [0.15, 0.2) is 0 Å². The Labute approximate surface area is 216 Å². The number of benzene rings is 2. The molecule has 2 aromatic carbocycles. The predicted molar refractivity (Wildman–Crippen MR) is 140 cm³/mol. The van der Waals surface area contributed by atoms with E-state index in [1.165, 1.54) is 40.4 Å². The van der Waals surface area contributed by atoms with Crippen molar-refractivity contribution in [1.29, 1.82) is 0 Å². The van der Waals surface area contributed by atoms with Gasteiger partial charge in [0, 0.05) is 29.3 Å². The second kappa shape index (κ2) is 9.45. The van der Waals surface area contributed by atoms with Crippen molar-refractivity contribution in [1.82, 2.24) is 13.7 Å². The molecular formula is C25H21BrFN5O5. The highest BCUT2D eigenvalue weighted by atomic mass is 79.9. The minimum Gasteiger partial charge on any atom is -0.387 e. The van der Waals surface area contributed by atoms with Crippen LogP contribution in [0.1, 0.15) is 18.9 Å². The number of nitrogens with zero attached hydrogens (tertiary/aromatic N) is 3. The quantitative estimate of drug-likeness (QED) is 0.327. The number of halogens is 2. The zero-order chi connectivity index (χ0) is 26.4. The van der Waals surface area contributed by atoms with E-state index in [0.29, 0.717) is 23.0 Å². The van der Waals surface area contributed by atoms with Crippen molar-refractivity contribution in [2.24, 2.45) is 7.05 Å². The molecular weight excluding hydrogens is 549 g/mol. The molecule has 190 valence electrons. The van der Waals surface area contributed by atoms with E-state index >= 15 is 0 Å². The molecule has 3 N–H and O–H groups in total. The number of aryl methyl sites for hydroxylation is 1. The number of aliphatic hydroxyl groups is 1. The fraction of sp³-hybridized carbons (Fsp3) is 0.200. The number of hydrogen-bond acceptors (Lipinski definition) is 6. The van der Waals surface area contributed by atoms with Crippen LogP contribution in [0.2, 0.25) is 0 Å². The number of nitrogens with one attached hydrogen (secondary N) is 2. The highest BCUT2D eigenvalue weighted by Crippen LogP contribution is 2.34. The smallest absolute Gasteiger partial charge is 0.337 e. The summed E-state index contributed by atoms with van der Waals surface area (Å²) >= 11 is 3.20. The summed E-state index contributed by atoms with van der Waals surface area (Å²) in [4.78, 5) is 52.1. The number of hydrogen-bond donors (Lipinski definition) is 3. The van der Waals surface area contributed by atoms with Gasteiger partial charge in [-0.15, -0.1) is 0 Å². The summed E-state index contributed by atoms with van der Waals surface area (Å²) in [6, 6.07) is 11.5. The summed E-state index contributed by atoms with van der Waals surface area (Å²) in [7, 11) is 1.43. The second-order valence-electron chi connectivity index (χ2n) is 8.68. The molecule has 1 amide bonds. The van der Waals surface area contributed by atoms with Crippen LogP contribution in [-0.2, 0) is 11.8 Å². The summed E-state index contributed by atoms with van der Waals surface area (Å²) < 4.78 is 18.7. The van der Waals surface area contributed by atoms with Crippen LogP contribution in [0, 0.1) is 5.82 Å². The Kier molecular flexibility index (Phi) is 6.30. The number of anilines is 3. The van der Waals surface area contributed by atoms with Crippen LogP contribution >= 0.6 is 15.9 Å². The Hall–Kier alpha value is -4.03. The van der Waals surface area contributed by atoms with Gasteiger partial charge in [0.2, 0.25) is 5.91 Å². The maximum atomic E-state index is 14.7. The highest BCUT2D eigenvalue weighted by molar-refractivity contribution is 9.10. The van der Waals surface area contributed by atoms with E-state index in [4.69, 9.17) is 5.11 Å². The van der Waals surface area contributed by atoms with Crippen molar-refractivity contribution < 1.29 is 14.3 Å². The number of carbonyl (C=O) groups excluding carboxylic acids is 1. The molecule has 0 atom stereocenters. The first-order valence-corrected chi connectivity index (χ1v) is 12.1. The van der Waals surface area contributed by atoms with E-state index in [2.05, 4.69) is 26.6 Å². The zero-order valence-electron chi connectivity index (χ0n) is 19.5. The first-order chi connectivity index (χ1) is 17.7. The normalized spacial score (nSPS) is 13.1. The SMILES string of the molecule is Cn1c(=O)cc(Nc2ccc(Br)cc2F)c2c(=O)n(C3CC3)c(=O)n(-c3cccc(NC(=O)CO)c3)c21. The number of fused-ring (bicyclic) bond motifs is 1. The average Bonchev–Trinajstić information content (AvgIpc) is 3.69. The van der Waals surface area contributed by atoms with Crippen molar-refractivity contribution in [3.05, 3.63) is 90.0 Å². The monoisotopic (exact) mass is 569 g/mol. The molecule has 1 saturated carbocycles. The summed E-state index contributed by atoms with van der Waals surface area (Å²) in [6.45, 7) is -0.726. The molecule has 0 bridgehead atoms. The highest BCUT2D eigenvalue weighted by Gasteiger charge is 2.31. The average molecular weight is 570 g/mol. The number of pyridine rings is 1. The topological polar surface area (TPSA) is 127 Å². The third kappa shape index (κ3) is 4.49. The molecule has 1 fully saturated rings. The molecule has 0 saturated heterocycles. The van der Waals surface area contributed by atoms with Gasteiger partial charge in [0.1, 0.15) is 23.5 Å². The standard InChI is InChI=1S/C25H21BrFN5O5/c1-30-21(35)11-19(29-18-8-5-13(26)9-17(18)27)22-23(30)31(25(37)32(24(22)36)15-6-7-15)16-4-2-3-14(10-16)28-20(34)12-33/h2-5,8-11,15,29,33H,6-7,12H2,1H3,(H,28,34). The van der Waals surface area contributed by atoms with Crippen LogP contribution in [0.4, 0.5) is 21.5 Å². The van der Waals surface area contributed by atoms with Gasteiger partial charge in [-0.05, 0) is 49.2 Å². The number of aliphatic hydroxyl groups excluding tert-OH is 1. The third-order valence-electron chi connectivity index (χ3n) is 6.10. The zero-order valence-corrected chi connectivity index (χ0v) is 21.1. The fourth-order valence-corrected chi connectivity index (χ4v) is 4.54. The molecule has 10 nitrogen and oxygen atoms in total. The molecule has 2 aromatic heterocycles. The Bertz CT molecular complexity index is 1760. The van der Waals surface area contributed by atoms with E-state index in [0.717, 1.165) is 4.57 Å². The van der Waals surface area contributed by atoms with Crippen molar-refractivity contribution >= 4 is 49.9 Å². The first kappa shape index (κ1) is 24.7. The van der Waals surface area contributed by atoms with Crippen LogP contribution in [0.15, 0.2) is 67.4 Å². The Morgan fingerprint density at radius 2 is 1.86 bits per heavy atom. The van der Waals surface area contributed by atoms with Crippen LogP contribution < -0.4 is 27.4 Å². The van der Waals surface area contributed by atoms with Gasteiger partial charge in [-0.3, -0.25) is 23.5 Å². The predicted octanol–water partition coefficient (Wildman–Crippen LogP) is 2.76. The van der Waals surface area contributed by atoms with Crippen LogP contribution in [0.5, 0.6) is 0 Å². The summed E-state index contributed by atoms with van der Waals surface area (Å²) in [5.41, 5.74) is -1.09. The molecule has 0 aliphatic heterocycles. The van der Waals surface area contributed by atoms with Gasteiger partial charge in [-0.25, -0.2) is 13.8 Å². The molecule has 12 heteroatoms. The molecule has 1 aliphatic carbocycles. The number of amides is 1. The van der Waals surface area contributed by atoms with Crippen LogP contribution in [0.25, 0.3) is 16.7 Å². The van der Waals surface area contributed by atoms with Crippen molar-refractivity contribution in [3.8, 4) is 5.69 Å². The molecule has 37 heavy (non-hydrogen) atoms. The Balaban J connectivity index is 1.84. The molecule has 2 heterocycles. The van der Waals surface area contributed by atoms with Crippen LogP contribution in [0.3, 0.4) is 0 Å². The lowest BCUT2D eigenvalue weighted by atomic mass is 10.2. The molecule has 0 unspecified atom stereocenters. The van der Waals surface area contributed by atoms with E-state index in [-0.39, 0.29) is 34.1 Å². The van der Waals surface area contributed by atoms with Crippen LogP contribution in [-0.4, -0.2) is 31.3 Å². The first-order valence-electron chi connectivity index (χ1n) is 11.3. The van der Waals surface area contributed by atoms with Crippen molar-refractivity contribution in [3.63, 3.8) is 0 Å². The van der Waals surface area contributed by atoms with Gasteiger partial charge in [-0.2, -0.15) is 0 Å². The lowest BCUT2D eigenvalue weighted by Gasteiger charge is -2.19. The Morgan fingerprint density at radius 1 is 1.11 bits per heavy atom. The van der Waals surface area contributed by atoms with Gasteiger partial charge < -0.3 is 15.7 Å². The van der Waals surface area contributed by atoms with Gasteiger partial charge in [0.25, 0.3) is 11.1 Å². The molecule has 4 aromatic rings. The lowest BCUT2D eigenvalue weighted by molar-refractivity contribution is -0.118. The van der Waals surface area contributed by atoms with Crippen molar-refractivity contribution in [2.45, 2.75) is 18.9 Å². The fourth-order valence-electron chi connectivity index (χ4n) is 4.21. The third-order valence-corrected chi connectivity index (χ3v) is 6.59. The lowest BCUT2D eigenvalue weighted by Crippen LogP contribution is -2.41. The van der Waals surface area contributed by atoms with Crippen molar-refractivity contribution in [2.75, 3.05) is 17.2 Å². The molecule has 1 aliphatic rings. The minimum atomic E-state index is -0.726. The Morgan fingerprint density at radius 3 is 2.54 bits per heavy atom. The molecule has 5 rings (SSSR count). The van der Waals surface area contributed by atoms with E-state index < -0.39 is 35.1 Å². The second-order valence-corrected chi connectivity index (χ2v) is 9.60. The number of rotatable bonds is 6. The molecule has 0 radical (unpaired) electrons. The summed E-state index contributed by atoms with van der Waals surface area (Å²) in [6.07, 6.45) is 1.28. The minimum absolute atomic E-state index is 0.00468. The van der Waals surface area contributed by atoms with E-state index in [9.17, 15) is 23.6 Å². The largest absolute Gasteiger partial charge is 0.387 e. The maximum Gasteiger partial charge on any atom is 0.337 e. The molecule has 0 spiro atoms. The van der Waals surface area contributed by atoms with E-state index in [1.807, 2.05) is 0 Å². The summed E-state index contributed by atoms with van der Waals surface area (Å²) in [5, 5.41) is 14.5. The van der Waals surface area contributed by atoms with Gasteiger partial charge in [-0.1, -0.05) is 22.0 Å².